The lowest BCUT2D eigenvalue weighted by molar-refractivity contribution is 0.0984. The first kappa shape index (κ1) is 15.1. The maximum Gasteiger partial charge on any atom is 0.276 e. The molecule has 2 aromatic rings. The Morgan fingerprint density at radius 2 is 2.00 bits per heavy atom. The minimum Gasteiger partial charge on any atom is -0.267 e. The number of amides is 1. The lowest BCUT2D eigenvalue weighted by Crippen LogP contribution is -2.31. The van der Waals surface area contributed by atoms with Gasteiger partial charge in [-0.15, -0.1) is 11.3 Å². The monoisotopic (exact) mass is 340 g/mol. The topological polar surface area (TPSA) is 76.1 Å². The first-order chi connectivity index (χ1) is 10.4. The van der Waals surface area contributed by atoms with Gasteiger partial charge >= 0.3 is 0 Å². The first-order valence-electron chi connectivity index (χ1n) is 6.67. The fourth-order valence-electron chi connectivity index (χ4n) is 2.10. The number of carbonyl (C=O) groups is 1. The van der Waals surface area contributed by atoms with Crippen LogP contribution in [0.4, 0.5) is 4.39 Å². The molecule has 0 atom stereocenters. The van der Waals surface area contributed by atoms with Crippen LogP contribution < -0.4 is 4.72 Å². The van der Waals surface area contributed by atoms with Gasteiger partial charge < -0.3 is 0 Å². The van der Waals surface area contributed by atoms with Crippen LogP contribution >= 0.6 is 11.3 Å². The van der Waals surface area contributed by atoms with E-state index >= 15 is 0 Å². The molecule has 1 aromatic carbocycles. The van der Waals surface area contributed by atoms with Gasteiger partial charge in [0.05, 0.1) is 17.0 Å². The number of halogens is 1. The minimum absolute atomic E-state index is 0.270. The van der Waals surface area contributed by atoms with Crippen LogP contribution in [0.2, 0.25) is 0 Å². The molecule has 1 heterocycles. The molecule has 0 saturated heterocycles. The minimum atomic E-state index is -3.84. The van der Waals surface area contributed by atoms with Crippen molar-refractivity contribution in [2.24, 2.45) is 0 Å². The van der Waals surface area contributed by atoms with Crippen molar-refractivity contribution in [3.8, 4) is 0 Å². The zero-order valence-corrected chi connectivity index (χ0v) is 13.1. The predicted octanol–water partition coefficient (Wildman–Crippen LogP) is 2.42. The van der Waals surface area contributed by atoms with Gasteiger partial charge in [-0.2, -0.15) is 0 Å². The van der Waals surface area contributed by atoms with Crippen molar-refractivity contribution in [1.29, 1.82) is 0 Å². The fourth-order valence-corrected chi connectivity index (χ4v) is 4.02. The van der Waals surface area contributed by atoms with Gasteiger partial charge in [0.25, 0.3) is 5.91 Å². The summed E-state index contributed by atoms with van der Waals surface area (Å²) in [4.78, 5) is 16.6. The van der Waals surface area contributed by atoms with E-state index in [1.54, 1.807) is 5.51 Å². The Morgan fingerprint density at radius 1 is 1.32 bits per heavy atom. The van der Waals surface area contributed by atoms with Crippen molar-refractivity contribution in [2.75, 3.05) is 0 Å². The van der Waals surface area contributed by atoms with Crippen LogP contribution in [0.1, 0.15) is 39.7 Å². The Hall–Kier alpha value is -1.80. The summed E-state index contributed by atoms with van der Waals surface area (Å²) < 4.78 is 39.0. The van der Waals surface area contributed by atoms with E-state index in [1.165, 1.54) is 24.3 Å². The van der Waals surface area contributed by atoms with Crippen LogP contribution in [-0.2, 0) is 15.8 Å². The van der Waals surface area contributed by atoms with Crippen molar-refractivity contribution in [1.82, 2.24) is 9.71 Å². The molecule has 0 spiro atoms. The Balaban J connectivity index is 1.72. The van der Waals surface area contributed by atoms with Gasteiger partial charge in [0.2, 0.25) is 10.0 Å². The molecule has 0 aliphatic heterocycles. The quantitative estimate of drug-likeness (QED) is 0.907. The zero-order chi connectivity index (χ0) is 15.7. The molecule has 1 aliphatic rings. The largest absolute Gasteiger partial charge is 0.276 e. The van der Waals surface area contributed by atoms with Crippen LogP contribution in [0.25, 0.3) is 0 Å². The number of hydrogen-bond acceptors (Lipinski definition) is 5. The number of aromatic nitrogens is 1. The molecule has 116 valence electrons. The molecule has 1 fully saturated rings. The van der Waals surface area contributed by atoms with Crippen molar-refractivity contribution in [2.45, 2.75) is 24.5 Å². The summed E-state index contributed by atoms with van der Waals surface area (Å²) in [6.45, 7) is 0. The number of sulfonamides is 1. The fraction of sp³-hybridized carbons (Fsp3) is 0.286. The van der Waals surface area contributed by atoms with Crippen LogP contribution in [0.15, 0.2) is 29.8 Å². The molecule has 0 unspecified atom stereocenters. The number of hydrogen-bond donors (Lipinski definition) is 1. The molecule has 0 bridgehead atoms. The third-order valence-corrected chi connectivity index (χ3v) is 5.33. The van der Waals surface area contributed by atoms with Crippen LogP contribution in [-0.4, -0.2) is 19.3 Å². The summed E-state index contributed by atoms with van der Waals surface area (Å²) in [6, 6.07) is 5.12. The Labute approximate surface area is 131 Å². The van der Waals surface area contributed by atoms with E-state index < -0.39 is 21.7 Å². The van der Waals surface area contributed by atoms with E-state index in [4.69, 9.17) is 0 Å². The summed E-state index contributed by atoms with van der Waals surface area (Å²) >= 11 is 1.14. The van der Waals surface area contributed by atoms with E-state index in [-0.39, 0.29) is 11.7 Å². The standard InChI is InChI=1S/C14H13FN2O3S2/c15-11-5-1-9(2-6-11)7-22(19,20)17-14(18)13-12(10-3-4-10)16-8-21-13/h1-2,5-6,8,10H,3-4,7H2,(H,17,18). The van der Waals surface area contributed by atoms with Crippen LogP contribution in [0.5, 0.6) is 0 Å². The van der Waals surface area contributed by atoms with Gasteiger partial charge in [-0.3, -0.25) is 4.79 Å². The van der Waals surface area contributed by atoms with Crippen molar-refractivity contribution < 1.29 is 17.6 Å². The van der Waals surface area contributed by atoms with Gasteiger partial charge in [0.1, 0.15) is 10.7 Å². The van der Waals surface area contributed by atoms with E-state index in [1.807, 2.05) is 0 Å². The van der Waals surface area contributed by atoms with Crippen molar-refractivity contribution in [3.63, 3.8) is 0 Å². The van der Waals surface area contributed by atoms with Gasteiger partial charge in [-0.25, -0.2) is 22.5 Å². The Kier molecular flexibility index (Phi) is 3.96. The smallest absolute Gasteiger partial charge is 0.267 e. The number of rotatable bonds is 5. The number of nitrogens with one attached hydrogen (secondary N) is 1. The highest BCUT2D eigenvalue weighted by Gasteiger charge is 2.31. The van der Waals surface area contributed by atoms with E-state index in [2.05, 4.69) is 9.71 Å². The van der Waals surface area contributed by atoms with Crippen LogP contribution in [0.3, 0.4) is 0 Å². The molecule has 1 N–H and O–H groups in total. The highest BCUT2D eigenvalue weighted by molar-refractivity contribution is 7.89. The number of nitrogens with zero attached hydrogens (tertiary/aromatic N) is 1. The molecular formula is C14H13FN2O3S2. The summed E-state index contributed by atoms with van der Waals surface area (Å²) in [7, 11) is -3.84. The van der Waals surface area contributed by atoms with Crippen LogP contribution in [0, 0.1) is 5.82 Å². The average Bonchev–Trinajstić information content (AvgIpc) is 3.17. The molecule has 3 rings (SSSR count). The van der Waals surface area contributed by atoms with E-state index in [9.17, 15) is 17.6 Å². The second-order valence-electron chi connectivity index (χ2n) is 5.16. The molecule has 22 heavy (non-hydrogen) atoms. The molecule has 0 radical (unpaired) electrons. The summed E-state index contributed by atoms with van der Waals surface area (Å²) in [5, 5.41) is 0. The SMILES string of the molecule is O=C(NS(=O)(=O)Cc1ccc(F)cc1)c1scnc1C1CC1. The highest BCUT2D eigenvalue weighted by atomic mass is 32.2. The molecule has 5 nitrogen and oxygen atoms in total. The third-order valence-electron chi connectivity index (χ3n) is 3.28. The Bertz CT molecular complexity index is 796. The zero-order valence-electron chi connectivity index (χ0n) is 11.5. The molecule has 1 amide bonds. The second-order valence-corrected chi connectivity index (χ2v) is 7.73. The molecule has 8 heteroatoms. The Morgan fingerprint density at radius 3 is 2.64 bits per heavy atom. The number of benzene rings is 1. The number of thiazole rings is 1. The van der Waals surface area contributed by atoms with E-state index in [0.717, 1.165) is 24.2 Å². The highest BCUT2D eigenvalue weighted by Crippen LogP contribution is 2.41. The first-order valence-corrected chi connectivity index (χ1v) is 9.20. The molecule has 1 aromatic heterocycles. The maximum atomic E-state index is 12.8. The summed E-state index contributed by atoms with van der Waals surface area (Å²) in [5.41, 5.74) is 2.64. The predicted molar refractivity (Wildman–Crippen MR) is 80.6 cm³/mol. The average molecular weight is 340 g/mol. The second kappa shape index (κ2) is 5.77. The molecule has 1 saturated carbocycles. The normalized spacial score (nSPS) is 14.8. The van der Waals surface area contributed by atoms with Gasteiger partial charge in [-0.1, -0.05) is 12.1 Å². The number of carbonyl (C=O) groups excluding carboxylic acids is 1. The summed E-state index contributed by atoms with van der Waals surface area (Å²) in [6.07, 6.45) is 1.96. The molecule has 1 aliphatic carbocycles. The van der Waals surface area contributed by atoms with Crippen molar-refractivity contribution >= 4 is 27.3 Å². The van der Waals surface area contributed by atoms with Crippen molar-refractivity contribution in [3.05, 3.63) is 51.7 Å². The van der Waals surface area contributed by atoms with Gasteiger partial charge in [0.15, 0.2) is 0 Å². The lowest BCUT2D eigenvalue weighted by atomic mass is 10.2. The van der Waals surface area contributed by atoms with E-state index in [0.29, 0.717) is 16.1 Å². The van der Waals surface area contributed by atoms with Gasteiger partial charge in [-0.05, 0) is 30.5 Å². The van der Waals surface area contributed by atoms with Gasteiger partial charge in [0, 0.05) is 5.92 Å². The lowest BCUT2D eigenvalue weighted by Gasteiger charge is -2.07. The molecular weight excluding hydrogens is 327 g/mol. The summed E-state index contributed by atoms with van der Waals surface area (Å²) in [5.74, 6) is -1.20. The maximum absolute atomic E-state index is 12.8. The third kappa shape index (κ3) is 3.50.